The summed E-state index contributed by atoms with van der Waals surface area (Å²) in [7, 11) is 1.39. The fraction of sp³-hybridized carbons (Fsp3) is 0.400. The first-order valence-corrected chi connectivity index (χ1v) is 11.7. The summed E-state index contributed by atoms with van der Waals surface area (Å²) in [5.41, 5.74) is 0.682. The number of hydrogen-bond donors (Lipinski definition) is 0. The molecular formula is C20H28N3O2PS. The van der Waals surface area contributed by atoms with Crippen molar-refractivity contribution in [3.05, 3.63) is 60.2 Å². The highest BCUT2D eigenvalue weighted by atomic mass is 32.4. The standard InChI is InChI=1S/C20H28N3O2PS/c1-16(2)23(17(3)4)26(27,18-11-7-6-8-12-18)21-19-13-9-10-14-22(19)15-20(24)25-5/h6-14,16-17H,15H2,1-5H3/b21-19+. The number of esters is 1. The zero-order chi connectivity index (χ0) is 20.0. The highest BCUT2D eigenvalue weighted by molar-refractivity contribution is 8.16. The fourth-order valence-corrected chi connectivity index (χ4v) is 7.63. The molecule has 0 saturated heterocycles. The van der Waals surface area contributed by atoms with E-state index in [4.69, 9.17) is 21.3 Å². The summed E-state index contributed by atoms with van der Waals surface area (Å²) in [6, 6.07) is 16.2. The molecule has 0 fully saturated rings. The summed E-state index contributed by atoms with van der Waals surface area (Å²) in [6.07, 6.45) is -0.647. The molecule has 1 aromatic heterocycles. The van der Waals surface area contributed by atoms with Crippen LogP contribution < -0.4 is 10.8 Å². The first-order chi connectivity index (χ1) is 12.8. The van der Waals surface area contributed by atoms with Crippen molar-refractivity contribution in [2.75, 3.05) is 7.11 Å². The van der Waals surface area contributed by atoms with E-state index < -0.39 is 6.34 Å². The zero-order valence-electron chi connectivity index (χ0n) is 16.6. The molecule has 0 aliphatic rings. The van der Waals surface area contributed by atoms with Crippen LogP contribution in [-0.4, -0.2) is 34.4 Å². The van der Waals surface area contributed by atoms with Gasteiger partial charge in [0.2, 0.25) is 0 Å². The topological polar surface area (TPSA) is 46.8 Å². The Morgan fingerprint density at radius 3 is 2.26 bits per heavy atom. The molecule has 5 nitrogen and oxygen atoms in total. The maximum atomic E-state index is 11.8. The van der Waals surface area contributed by atoms with Gasteiger partial charge in [-0.1, -0.05) is 48.2 Å². The third-order valence-electron chi connectivity index (χ3n) is 4.15. The molecule has 0 N–H and O–H groups in total. The Bertz CT molecular complexity index is 870. The van der Waals surface area contributed by atoms with Crippen molar-refractivity contribution < 1.29 is 9.53 Å². The molecule has 7 heteroatoms. The Hall–Kier alpha value is -1.75. The normalized spacial score (nSPS) is 14.6. The monoisotopic (exact) mass is 405 g/mol. The lowest BCUT2D eigenvalue weighted by molar-refractivity contribution is -0.141. The van der Waals surface area contributed by atoms with Gasteiger partial charge in [0.1, 0.15) is 12.0 Å². The van der Waals surface area contributed by atoms with Gasteiger partial charge in [0.15, 0.2) is 6.34 Å². The minimum Gasteiger partial charge on any atom is -0.468 e. The molecular weight excluding hydrogens is 377 g/mol. The van der Waals surface area contributed by atoms with Gasteiger partial charge in [-0.15, -0.1) is 0 Å². The molecule has 2 rings (SSSR count). The van der Waals surface area contributed by atoms with Crippen LogP contribution in [0.4, 0.5) is 0 Å². The molecule has 1 heterocycles. The molecule has 146 valence electrons. The summed E-state index contributed by atoms with van der Waals surface area (Å²) in [4.78, 5) is 11.8. The van der Waals surface area contributed by atoms with Gasteiger partial charge in [-0.2, -0.15) is 0 Å². The number of rotatable bonds is 7. The van der Waals surface area contributed by atoms with Crippen molar-refractivity contribution in [1.82, 2.24) is 9.24 Å². The number of benzene rings is 1. The van der Waals surface area contributed by atoms with Gasteiger partial charge in [0, 0.05) is 23.6 Å². The minimum atomic E-state index is -2.48. The van der Waals surface area contributed by atoms with Gasteiger partial charge in [-0.3, -0.25) is 4.79 Å². The van der Waals surface area contributed by atoms with Gasteiger partial charge in [-0.25, -0.2) is 9.43 Å². The van der Waals surface area contributed by atoms with E-state index in [1.54, 1.807) is 4.57 Å². The van der Waals surface area contributed by atoms with Gasteiger partial charge in [0.05, 0.1) is 7.11 Å². The summed E-state index contributed by atoms with van der Waals surface area (Å²) < 4.78 is 14.0. The minimum absolute atomic E-state index is 0.101. The van der Waals surface area contributed by atoms with E-state index in [0.717, 1.165) is 5.30 Å². The predicted molar refractivity (Wildman–Crippen MR) is 114 cm³/mol. The van der Waals surface area contributed by atoms with Crippen molar-refractivity contribution in [3.63, 3.8) is 0 Å². The average Bonchev–Trinajstić information content (AvgIpc) is 2.63. The van der Waals surface area contributed by atoms with Crippen LogP contribution >= 0.6 is 6.34 Å². The Morgan fingerprint density at radius 1 is 1.11 bits per heavy atom. The van der Waals surface area contributed by atoms with Crippen LogP contribution in [0.3, 0.4) is 0 Å². The molecule has 1 atom stereocenters. The number of aromatic nitrogens is 1. The number of pyridine rings is 1. The molecule has 0 amide bonds. The number of ether oxygens (including phenoxy) is 1. The summed E-state index contributed by atoms with van der Waals surface area (Å²) in [5, 5.41) is 1.04. The second-order valence-electron chi connectivity index (χ2n) is 6.81. The lowest BCUT2D eigenvalue weighted by atomic mass is 10.3. The van der Waals surface area contributed by atoms with Crippen LogP contribution in [-0.2, 0) is 27.9 Å². The Kier molecular flexibility index (Phi) is 7.54. The molecule has 1 aromatic carbocycles. The molecule has 0 aliphatic heterocycles. The second kappa shape index (κ2) is 9.45. The lowest BCUT2D eigenvalue weighted by Crippen LogP contribution is -2.37. The van der Waals surface area contributed by atoms with Crippen LogP contribution in [0.25, 0.3) is 0 Å². The third kappa shape index (κ3) is 5.16. The predicted octanol–water partition coefficient (Wildman–Crippen LogP) is 3.32. The van der Waals surface area contributed by atoms with Gasteiger partial charge >= 0.3 is 5.97 Å². The molecule has 1 unspecified atom stereocenters. The molecule has 27 heavy (non-hydrogen) atoms. The van der Waals surface area contributed by atoms with Crippen molar-refractivity contribution in [2.24, 2.45) is 4.76 Å². The molecule has 0 radical (unpaired) electrons. The van der Waals surface area contributed by atoms with Crippen molar-refractivity contribution in [1.29, 1.82) is 0 Å². The van der Waals surface area contributed by atoms with E-state index >= 15 is 0 Å². The smallest absolute Gasteiger partial charge is 0.325 e. The van der Waals surface area contributed by atoms with E-state index in [1.165, 1.54) is 7.11 Å². The summed E-state index contributed by atoms with van der Waals surface area (Å²) in [6.45, 7) is 8.68. The van der Waals surface area contributed by atoms with Gasteiger partial charge < -0.3 is 9.30 Å². The number of carbonyl (C=O) groups excluding carboxylic acids is 1. The highest BCUT2D eigenvalue weighted by Gasteiger charge is 2.31. The zero-order valence-corrected chi connectivity index (χ0v) is 18.3. The van der Waals surface area contributed by atoms with Crippen molar-refractivity contribution in [2.45, 2.75) is 46.3 Å². The van der Waals surface area contributed by atoms with E-state index in [0.29, 0.717) is 5.49 Å². The number of carbonyl (C=O) groups is 1. The first-order valence-electron chi connectivity index (χ1n) is 9.02. The number of nitrogens with zero attached hydrogens (tertiary/aromatic N) is 3. The van der Waals surface area contributed by atoms with Crippen LogP contribution in [0.2, 0.25) is 0 Å². The second-order valence-corrected chi connectivity index (χ2v) is 10.6. The summed E-state index contributed by atoms with van der Waals surface area (Å²) in [5.74, 6) is -0.319. The lowest BCUT2D eigenvalue weighted by Gasteiger charge is -2.38. The first kappa shape index (κ1) is 21.5. The maximum Gasteiger partial charge on any atom is 0.325 e. The molecule has 2 aromatic rings. The average molecular weight is 406 g/mol. The van der Waals surface area contributed by atoms with E-state index in [-0.39, 0.29) is 24.6 Å². The Morgan fingerprint density at radius 2 is 1.70 bits per heavy atom. The molecule has 0 spiro atoms. The van der Waals surface area contributed by atoms with Gasteiger partial charge in [0.25, 0.3) is 0 Å². The van der Waals surface area contributed by atoms with Crippen LogP contribution in [0.1, 0.15) is 27.7 Å². The van der Waals surface area contributed by atoms with Crippen LogP contribution in [0.15, 0.2) is 59.5 Å². The van der Waals surface area contributed by atoms with Crippen molar-refractivity contribution in [3.8, 4) is 0 Å². The molecule has 0 aliphatic carbocycles. The fourth-order valence-electron chi connectivity index (χ4n) is 3.12. The molecule has 0 saturated carbocycles. The van der Waals surface area contributed by atoms with Crippen LogP contribution in [0, 0.1) is 0 Å². The Balaban J connectivity index is 2.72. The molecule has 0 bridgehead atoms. The maximum absolute atomic E-state index is 11.8. The summed E-state index contributed by atoms with van der Waals surface area (Å²) >= 11 is 6.27. The van der Waals surface area contributed by atoms with E-state index in [2.05, 4.69) is 44.5 Å². The highest BCUT2D eigenvalue weighted by Crippen LogP contribution is 2.52. The number of hydrogen-bond acceptors (Lipinski definition) is 3. The van der Waals surface area contributed by atoms with E-state index in [1.807, 2.05) is 42.6 Å². The van der Waals surface area contributed by atoms with Crippen molar-refractivity contribution >= 4 is 29.4 Å². The Labute approximate surface area is 166 Å². The number of methoxy groups -OCH3 is 1. The van der Waals surface area contributed by atoms with Crippen LogP contribution in [0.5, 0.6) is 0 Å². The quantitative estimate of drug-likeness (QED) is 0.524. The van der Waals surface area contributed by atoms with E-state index in [9.17, 15) is 4.79 Å². The third-order valence-corrected chi connectivity index (χ3v) is 8.59. The van der Waals surface area contributed by atoms with Gasteiger partial charge in [-0.05, 0) is 39.8 Å². The largest absolute Gasteiger partial charge is 0.468 e. The SMILES string of the molecule is COC(=O)Cn1cccc/c1=N\P(=S)(c1ccccc1)N(C(C)C)C(C)C.